The second-order valence-electron chi connectivity index (χ2n) is 4.01. The summed E-state index contributed by atoms with van der Waals surface area (Å²) in [6, 6.07) is 9.00. The number of phenols is 1. The lowest BCUT2D eigenvalue weighted by Gasteiger charge is -2.03. The molecular formula is C14H9BrFIN2O2. The average molecular weight is 463 g/mol. The van der Waals surface area contributed by atoms with Gasteiger partial charge in [-0.2, -0.15) is 5.10 Å². The first-order valence-electron chi connectivity index (χ1n) is 5.75. The van der Waals surface area contributed by atoms with Crippen molar-refractivity contribution < 1.29 is 14.3 Å². The summed E-state index contributed by atoms with van der Waals surface area (Å²) in [5.74, 6) is -1.09. The number of halogens is 3. The van der Waals surface area contributed by atoms with Gasteiger partial charge in [0.15, 0.2) is 0 Å². The molecule has 108 valence electrons. The van der Waals surface area contributed by atoms with E-state index in [1.165, 1.54) is 24.4 Å². The monoisotopic (exact) mass is 462 g/mol. The molecule has 0 bridgehead atoms. The zero-order valence-electron chi connectivity index (χ0n) is 10.5. The molecule has 2 aromatic carbocycles. The number of aromatic hydroxyl groups is 1. The Hall–Kier alpha value is -1.48. The van der Waals surface area contributed by atoms with Gasteiger partial charge in [-0.3, -0.25) is 4.79 Å². The Kier molecular flexibility index (Phi) is 5.29. The van der Waals surface area contributed by atoms with Crippen molar-refractivity contribution in [1.29, 1.82) is 0 Å². The Morgan fingerprint density at radius 3 is 2.76 bits per heavy atom. The molecule has 21 heavy (non-hydrogen) atoms. The molecule has 0 heterocycles. The maximum atomic E-state index is 13.4. The summed E-state index contributed by atoms with van der Waals surface area (Å²) in [5.41, 5.74) is 2.86. The molecule has 2 N–H and O–H groups in total. The van der Waals surface area contributed by atoms with Gasteiger partial charge in [-0.15, -0.1) is 0 Å². The highest BCUT2D eigenvalue weighted by atomic mass is 127. The van der Waals surface area contributed by atoms with E-state index >= 15 is 0 Å². The molecule has 7 heteroatoms. The predicted molar refractivity (Wildman–Crippen MR) is 90.0 cm³/mol. The number of carbonyl (C=O) groups excluding carboxylic acids is 1. The number of benzene rings is 2. The van der Waals surface area contributed by atoms with E-state index in [1.807, 2.05) is 22.6 Å². The Bertz CT molecular complexity index is 699. The molecule has 0 aliphatic rings. The fourth-order valence-corrected chi connectivity index (χ4v) is 3.03. The third kappa shape index (κ3) is 4.01. The zero-order chi connectivity index (χ0) is 15.4. The maximum absolute atomic E-state index is 13.4. The summed E-state index contributed by atoms with van der Waals surface area (Å²) in [6.45, 7) is 0. The topological polar surface area (TPSA) is 61.7 Å². The number of hydrogen-bond donors (Lipinski definition) is 2. The second-order valence-corrected chi connectivity index (χ2v) is 6.03. The average Bonchev–Trinajstić information content (AvgIpc) is 2.45. The van der Waals surface area contributed by atoms with Gasteiger partial charge in [-0.05, 0) is 68.3 Å². The Balaban J connectivity index is 2.10. The first-order chi connectivity index (χ1) is 9.99. The van der Waals surface area contributed by atoms with E-state index in [9.17, 15) is 14.3 Å². The highest BCUT2D eigenvalue weighted by Gasteiger charge is 2.09. The number of carbonyl (C=O) groups is 1. The van der Waals surface area contributed by atoms with Crippen LogP contribution in [0.2, 0.25) is 0 Å². The fourth-order valence-electron chi connectivity index (χ4n) is 1.53. The largest absolute Gasteiger partial charge is 0.506 e. The molecule has 0 spiro atoms. The number of nitrogens with zero attached hydrogens (tertiary/aromatic N) is 1. The molecule has 4 nitrogen and oxygen atoms in total. The highest BCUT2D eigenvalue weighted by molar-refractivity contribution is 14.1. The molecule has 0 aromatic heterocycles. The second kappa shape index (κ2) is 6.99. The standard InChI is InChI=1S/C14H9BrFIN2O2/c15-10-5-8(6-12(17)13(10)20)7-18-19-14(21)9-3-1-2-4-11(9)16/h1-7,20H,(H,19,21)/b18-7-. The number of nitrogens with one attached hydrogen (secondary N) is 1. The Morgan fingerprint density at radius 1 is 1.38 bits per heavy atom. The lowest BCUT2D eigenvalue weighted by atomic mass is 10.2. The molecule has 0 fully saturated rings. The number of hydrogen-bond acceptors (Lipinski definition) is 3. The molecule has 2 aromatic rings. The summed E-state index contributed by atoms with van der Waals surface area (Å²) < 4.78 is 14.6. The van der Waals surface area contributed by atoms with Crippen LogP contribution in [0.1, 0.15) is 15.9 Å². The van der Waals surface area contributed by atoms with Gasteiger partial charge in [-0.1, -0.05) is 12.1 Å². The van der Waals surface area contributed by atoms with Crippen LogP contribution in [0, 0.1) is 9.39 Å². The lowest BCUT2D eigenvalue weighted by Crippen LogP contribution is -2.18. The molecule has 0 unspecified atom stereocenters. The molecule has 0 aliphatic carbocycles. The molecule has 0 aliphatic heterocycles. The predicted octanol–water partition coefficient (Wildman–Crippen LogP) is 3.66. The van der Waals surface area contributed by atoms with E-state index in [4.69, 9.17) is 0 Å². The van der Waals surface area contributed by atoms with E-state index in [0.717, 1.165) is 0 Å². The fraction of sp³-hybridized carbons (Fsp3) is 0. The van der Waals surface area contributed by atoms with Crippen LogP contribution in [0.5, 0.6) is 5.75 Å². The van der Waals surface area contributed by atoms with Crippen LogP contribution in [0.25, 0.3) is 0 Å². The minimum absolute atomic E-state index is 0.0730. The van der Waals surface area contributed by atoms with Gasteiger partial charge in [0.25, 0.3) is 5.91 Å². The smallest absolute Gasteiger partial charge is 0.274 e. The van der Waals surface area contributed by atoms with Crippen molar-refractivity contribution in [1.82, 2.24) is 5.43 Å². The summed E-state index contributed by atoms with van der Waals surface area (Å²) in [5, 5.41) is 13.4. The van der Waals surface area contributed by atoms with Gasteiger partial charge in [0.2, 0.25) is 0 Å². The molecule has 1 amide bonds. The SMILES string of the molecule is O=C(N/N=C\c1cc(Br)c(O)c(I)c1)c1ccccc1F. The molecule has 0 saturated heterocycles. The van der Waals surface area contributed by atoms with Gasteiger partial charge in [0, 0.05) is 0 Å². The van der Waals surface area contributed by atoms with Gasteiger partial charge in [0.05, 0.1) is 19.8 Å². The summed E-state index contributed by atoms with van der Waals surface area (Å²) in [6.07, 6.45) is 1.41. The molecular weight excluding hydrogens is 454 g/mol. The van der Waals surface area contributed by atoms with Crippen molar-refractivity contribution in [3.63, 3.8) is 0 Å². The zero-order valence-corrected chi connectivity index (χ0v) is 14.2. The van der Waals surface area contributed by atoms with Gasteiger partial charge in [-0.25, -0.2) is 9.82 Å². The third-order valence-corrected chi connectivity index (χ3v) is 3.96. The minimum atomic E-state index is -0.628. The first kappa shape index (κ1) is 15.9. The van der Waals surface area contributed by atoms with E-state index in [-0.39, 0.29) is 11.3 Å². The van der Waals surface area contributed by atoms with Crippen LogP contribution in [-0.2, 0) is 0 Å². The molecule has 0 radical (unpaired) electrons. The number of amides is 1. The normalized spacial score (nSPS) is 10.8. The van der Waals surface area contributed by atoms with E-state index in [1.54, 1.807) is 18.2 Å². The Labute approximate surface area is 142 Å². The molecule has 2 rings (SSSR count). The van der Waals surface area contributed by atoms with Crippen LogP contribution in [-0.4, -0.2) is 17.2 Å². The van der Waals surface area contributed by atoms with Crippen LogP contribution in [0.4, 0.5) is 4.39 Å². The third-order valence-electron chi connectivity index (χ3n) is 2.54. The van der Waals surface area contributed by atoms with Crippen LogP contribution in [0.3, 0.4) is 0 Å². The highest BCUT2D eigenvalue weighted by Crippen LogP contribution is 2.29. The van der Waals surface area contributed by atoms with Crippen LogP contribution < -0.4 is 5.43 Å². The van der Waals surface area contributed by atoms with Crippen LogP contribution in [0.15, 0.2) is 46.0 Å². The molecule has 0 atom stereocenters. The number of hydrazone groups is 1. The van der Waals surface area contributed by atoms with Crippen molar-refractivity contribution in [2.45, 2.75) is 0 Å². The van der Waals surface area contributed by atoms with Crippen molar-refractivity contribution in [2.75, 3.05) is 0 Å². The van der Waals surface area contributed by atoms with Gasteiger partial charge in [0.1, 0.15) is 11.6 Å². The van der Waals surface area contributed by atoms with Crippen molar-refractivity contribution in [3.05, 3.63) is 61.4 Å². The summed E-state index contributed by atoms with van der Waals surface area (Å²) in [4.78, 5) is 11.7. The van der Waals surface area contributed by atoms with Crippen molar-refractivity contribution >= 4 is 50.6 Å². The first-order valence-corrected chi connectivity index (χ1v) is 7.62. The van der Waals surface area contributed by atoms with E-state index in [2.05, 4.69) is 26.5 Å². The summed E-state index contributed by atoms with van der Waals surface area (Å²) >= 11 is 5.19. The van der Waals surface area contributed by atoms with Gasteiger partial charge >= 0.3 is 0 Å². The van der Waals surface area contributed by atoms with E-state index < -0.39 is 11.7 Å². The number of phenolic OH excluding ortho intramolecular Hbond substituents is 1. The molecule has 0 saturated carbocycles. The van der Waals surface area contributed by atoms with Gasteiger partial charge < -0.3 is 5.11 Å². The lowest BCUT2D eigenvalue weighted by molar-refractivity contribution is 0.0951. The quantitative estimate of drug-likeness (QED) is 0.415. The Morgan fingerprint density at radius 2 is 2.10 bits per heavy atom. The van der Waals surface area contributed by atoms with Crippen LogP contribution >= 0.6 is 38.5 Å². The van der Waals surface area contributed by atoms with E-state index in [0.29, 0.717) is 13.6 Å². The summed E-state index contributed by atoms with van der Waals surface area (Å²) in [7, 11) is 0. The minimum Gasteiger partial charge on any atom is -0.506 e. The van der Waals surface area contributed by atoms with Crippen molar-refractivity contribution in [2.24, 2.45) is 5.10 Å². The number of rotatable bonds is 3. The van der Waals surface area contributed by atoms with Crippen molar-refractivity contribution in [3.8, 4) is 5.75 Å². The maximum Gasteiger partial charge on any atom is 0.274 e.